The van der Waals surface area contributed by atoms with E-state index in [1.54, 1.807) is 0 Å². The Kier molecular flexibility index (Phi) is 2.10. The van der Waals surface area contributed by atoms with Gasteiger partial charge in [-0.15, -0.1) is 0 Å². The van der Waals surface area contributed by atoms with Gasteiger partial charge in [-0.25, -0.2) is 0 Å². The lowest BCUT2D eigenvalue weighted by Crippen LogP contribution is -2.19. The molecule has 0 amide bonds. The van der Waals surface area contributed by atoms with Gasteiger partial charge < -0.3 is 0 Å². The molecule has 0 spiro atoms. The molecule has 1 unspecified atom stereocenters. The summed E-state index contributed by atoms with van der Waals surface area (Å²) in [7, 11) is 0. The molecule has 2 aliphatic carbocycles. The van der Waals surface area contributed by atoms with Gasteiger partial charge in [-0.2, -0.15) is 0 Å². The largest absolute Gasteiger partial charge is 0.0840 e. The fourth-order valence-electron chi connectivity index (χ4n) is 3.62. The second kappa shape index (κ2) is 3.25. The summed E-state index contributed by atoms with van der Waals surface area (Å²) in [4.78, 5) is 0. The van der Waals surface area contributed by atoms with Crippen molar-refractivity contribution in [1.29, 1.82) is 0 Å². The smallest absolute Gasteiger partial charge is 0.0443 e. The zero-order chi connectivity index (χ0) is 10.5. The van der Waals surface area contributed by atoms with Crippen LogP contribution in [0.15, 0.2) is 24.3 Å². The maximum absolute atomic E-state index is 6.32. The first-order valence-corrected chi connectivity index (χ1v) is 6.37. The third-order valence-corrected chi connectivity index (χ3v) is 4.84. The van der Waals surface area contributed by atoms with Gasteiger partial charge in [-0.3, -0.25) is 0 Å². The highest BCUT2D eigenvalue weighted by Crippen LogP contribution is 2.65. The van der Waals surface area contributed by atoms with Gasteiger partial charge in [0, 0.05) is 10.4 Å². The summed E-state index contributed by atoms with van der Waals surface area (Å²) in [5.41, 5.74) is 1.89. The van der Waals surface area contributed by atoms with Crippen molar-refractivity contribution >= 4 is 11.6 Å². The van der Waals surface area contributed by atoms with Crippen LogP contribution < -0.4 is 0 Å². The molecule has 0 radical (unpaired) electrons. The summed E-state index contributed by atoms with van der Waals surface area (Å²) in [5, 5.41) is 0.981. The van der Waals surface area contributed by atoms with Crippen molar-refractivity contribution in [2.24, 2.45) is 11.8 Å². The van der Waals surface area contributed by atoms with Crippen LogP contribution in [0, 0.1) is 11.8 Å². The Morgan fingerprint density at radius 2 is 2.13 bits per heavy atom. The summed E-state index contributed by atoms with van der Waals surface area (Å²) < 4.78 is 0. The van der Waals surface area contributed by atoms with Gasteiger partial charge in [-0.05, 0) is 36.3 Å². The summed E-state index contributed by atoms with van der Waals surface area (Å²) in [5.74, 6) is 1.81. The highest BCUT2D eigenvalue weighted by atomic mass is 35.5. The summed E-state index contributed by atoms with van der Waals surface area (Å²) >= 11 is 6.32. The highest BCUT2D eigenvalue weighted by molar-refractivity contribution is 6.31. The van der Waals surface area contributed by atoms with Crippen LogP contribution in [0.4, 0.5) is 0 Å². The number of halogens is 1. The Labute approximate surface area is 96.6 Å². The van der Waals surface area contributed by atoms with E-state index in [-0.39, 0.29) is 0 Å². The maximum Gasteiger partial charge on any atom is 0.0443 e. The Morgan fingerprint density at radius 3 is 2.93 bits per heavy atom. The molecule has 1 heteroatoms. The molecule has 0 heterocycles. The molecule has 1 aromatic rings. The van der Waals surface area contributed by atoms with E-state index in [0.717, 1.165) is 16.9 Å². The number of hydrogen-bond acceptors (Lipinski definition) is 0. The van der Waals surface area contributed by atoms with Crippen molar-refractivity contribution in [3.05, 3.63) is 34.9 Å². The molecule has 0 bridgehead atoms. The predicted octanol–water partition coefficient (Wildman–Crippen LogP) is 4.42. The maximum atomic E-state index is 6.32. The molecular weight excluding hydrogens is 204 g/mol. The Bertz CT molecular complexity index is 385. The van der Waals surface area contributed by atoms with Crippen LogP contribution in [0.2, 0.25) is 5.02 Å². The van der Waals surface area contributed by atoms with Gasteiger partial charge >= 0.3 is 0 Å². The lowest BCUT2D eigenvalue weighted by molar-refractivity contribution is 0.331. The lowest BCUT2D eigenvalue weighted by Gasteiger charge is -2.27. The topological polar surface area (TPSA) is 0 Å². The molecule has 0 saturated heterocycles. The SMILES string of the molecule is C[C@@H]1CCC[C@@]2(c3ccccc3Cl)CC12. The minimum atomic E-state index is 0.468. The average Bonchev–Trinajstić information content (AvgIpc) is 2.96. The lowest BCUT2D eigenvalue weighted by atomic mass is 9.78. The Morgan fingerprint density at radius 1 is 1.33 bits per heavy atom. The minimum absolute atomic E-state index is 0.468. The molecule has 2 saturated carbocycles. The normalized spacial score (nSPS) is 38.5. The standard InChI is InChI=1S/C14H17Cl/c1-10-5-4-8-14(9-12(10)14)11-6-2-3-7-13(11)15/h2-3,6-7,10,12H,4-5,8-9H2,1H3/t10-,12?,14+/m1/s1. The zero-order valence-corrected chi connectivity index (χ0v) is 9.93. The highest BCUT2D eigenvalue weighted by Gasteiger charge is 2.58. The van der Waals surface area contributed by atoms with E-state index in [0.29, 0.717) is 5.41 Å². The van der Waals surface area contributed by atoms with Crippen LogP contribution >= 0.6 is 11.6 Å². The molecule has 0 aromatic heterocycles. The molecule has 15 heavy (non-hydrogen) atoms. The summed E-state index contributed by atoms with van der Waals surface area (Å²) in [6.07, 6.45) is 5.52. The van der Waals surface area contributed by atoms with Gasteiger partial charge in [0.1, 0.15) is 0 Å². The molecule has 80 valence electrons. The molecule has 1 aromatic carbocycles. The third-order valence-electron chi connectivity index (χ3n) is 4.51. The van der Waals surface area contributed by atoms with E-state index < -0.39 is 0 Å². The van der Waals surface area contributed by atoms with E-state index in [4.69, 9.17) is 11.6 Å². The van der Waals surface area contributed by atoms with Crippen molar-refractivity contribution < 1.29 is 0 Å². The van der Waals surface area contributed by atoms with E-state index in [1.807, 2.05) is 12.1 Å². The first kappa shape index (κ1) is 9.72. The zero-order valence-electron chi connectivity index (χ0n) is 9.17. The number of hydrogen-bond donors (Lipinski definition) is 0. The van der Waals surface area contributed by atoms with Crippen molar-refractivity contribution in [1.82, 2.24) is 0 Å². The fourth-order valence-corrected chi connectivity index (χ4v) is 3.94. The summed E-state index contributed by atoms with van der Waals surface area (Å²) in [6.45, 7) is 2.41. The van der Waals surface area contributed by atoms with E-state index >= 15 is 0 Å². The first-order chi connectivity index (χ1) is 7.24. The average molecular weight is 221 g/mol. The monoisotopic (exact) mass is 220 g/mol. The third kappa shape index (κ3) is 1.34. The van der Waals surface area contributed by atoms with Crippen LogP contribution in [0.3, 0.4) is 0 Å². The van der Waals surface area contributed by atoms with Crippen LogP contribution in [0.1, 0.15) is 38.2 Å². The molecule has 3 atom stereocenters. The molecule has 3 rings (SSSR count). The van der Waals surface area contributed by atoms with Crippen molar-refractivity contribution in [2.45, 2.75) is 38.0 Å². The van der Waals surface area contributed by atoms with Gasteiger partial charge in [0.25, 0.3) is 0 Å². The van der Waals surface area contributed by atoms with Crippen LogP contribution in [0.25, 0.3) is 0 Å². The fraction of sp³-hybridized carbons (Fsp3) is 0.571. The first-order valence-electron chi connectivity index (χ1n) is 5.99. The molecule has 0 nitrogen and oxygen atoms in total. The molecular formula is C14H17Cl. The molecule has 0 N–H and O–H groups in total. The minimum Gasteiger partial charge on any atom is -0.0840 e. The second-order valence-electron chi connectivity index (χ2n) is 5.32. The van der Waals surface area contributed by atoms with E-state index in [9.17, 15) is 0 Å². The number of benzene rings is 1. The van der Waals surface area contributed by atoms with Crippen molar-refractivity contribution in [3.63, 3.8) is 0 Å². The van der Waals surface area contributed by atoms with E-state index in [2.05, 4.69) is 19.1 Å². The molecule has 2 aliphatic rings. The summed E-state index contributed by atoms with van der Waals surface area (Å²) in [6, 6.07) is 8.44. The van der Waals surface area contributed by atoms with Crippen LogP contribution in [0.5, 0.6) is 0 Å². The quantitative estimate of drug-likeness (QED) is 0.658. The Balaban J connectivity index is 1.99. The predicted molar refractivity (Wildman–Crippen MR) is 64.3 cm³/mol. The van der Waals surface area contributed by atoms with Crippen molar-refractivity contribution in [3.8, 4) is 0 Å². The van der Waals surface area contributed by atoms with Gasteiger partial charge in [0.2, 0.25) is 0 Å². The van der Waals surface area contributed by atoms with Crippen LogP contribution in [-0.2, 0) is 5.41 Å². The van der Waals surface area contributed by atoms with Gasteiger partial charge in [0.15, 0.2) is 0 Å². The van der Waals surface area contributed by atoms with Gasteiger partial charge in [-0.1, -0.05) is 49.6 Å². The van der Waals surface area contributed by atoms with E-state index in [1.165, 1.54) is 31.2 Å². The second-order valence-corrected chi connectivity index (χ2v) is 5.72. The Hall–Kier alpha value is -0.490. The number of fused-ring (bicyclic) bond motifs is 1. The number of rotatable bonds is 1. The van der Waals surface area contributed by atoms with Gasteiger partial charge in [0.05, 0.1) is 0 Å². The molecule has 0 aliphatic heterocycles. The van der Waals surface area contributed by atoms with Crippen molar-refractivity contribution in [2.75, 3.05) is 0 Å². The van der Waals surface area contributed by atoms with Crippen LogP contribution in [-0.4, -0.2) is 0 Å². The molecule has 2 fully saturated rings.